The number of rotatable bonds is 6. The quantitative estimate of drug-likeness (QED) is 0.762. The summed E-state index contributed by atoms with van der Waals surface area (Å²) in [7, 11) is 1.58. The van der Waals surface area contributed by atoms with Crippen molar-refractivity contribution in [1.29, 1.82) is 0 Å². The number of ether oxygens (including phenoxy) is 2. The van der Waals surface area contributed by atoms with Crippen LogP contribution in [0.2, 0.25) is 0 Å². The number of aromatic nitrogens is 2. The predicted molar refractivity (Wildman–Crippen MR) is 108 cm³/mol. The average Bonchev–Trinajstić information content (AvgIpc) is 2.71. The molecule has 1 saturated heterocycles. The van der Waals surface area contributed by atoms with Gasteiger partial charge in [-0.2, -0.15) is 4.98 Å². The van der Waals surface area contributed by atoms with Crippen LogP contribution in [0.15, 0.2) is 24.5 Å². The molecule has 1 fully saturated rings. The smallest absolute Gasteiger partial charge is 0.233 e. The second kappa shape index (κ2) is 8.91. The molecule has 1 aliphatic heterocycles. The molecule has 0 N–H and O–H groups in total. The molecule has 0 saturated carbocycles. The van der Waals surface area contributed by atoms with Gasteiger partial charge in [-0.05, 0) is 43.5 Å². The second-order valence-electron chi connectivity index (χ2n) is 7.09. The van der Waals surface area contributed by atoms with Crippen LogP contribution < -0.4 is 14.4 Å². The average molecular weight is 384 g/mol. The Morgan fingerprint density at radius 2 is 1.86 bits per heavy atom. The summed E-state index contributed by atoms with van der Waals surface area (Å²) in [6.45, 7) is 9.36. The zero-order valence-corrected chi connectivity index (χ0v) is 17.1. The van der Waals surface area contributed by atoms with Crippen molar-refractivity contribution in [3.63, 3.8) is 0 Å². The number of anilines is 1. The number of nitrogens with zero attached hydrogens (tertiary/aromatic N) is 4. The third kappa shape index (κ3) is 4.71. The van der Waals surface area contributed by atoms with Crippen LogP contribution in [-0.2, 0) is 4.79 Å². The van der Waals surface area contributed by atoms with E-state index < -0.39 is 0 Å². The third-order valence-electron chi connectivity index (χ3n) is 5.10. The van der Waals surface area contributed by atoms with Crippen molar-refractivity contribution in [3.8, 4) is 11.6 Å². The molecule has 150 valence electrons. The monoisotopic (exact) mass is 384 g/mol. The summed E-state index contributed by atoms with van der Waals surface area (Å²) in [5.74, 6) is 2.26. The Morgan fingerprint density at radius 1 is 1.11 bits per heavy atom. The molecule has 7 nitrogen and oxygen atoms in total. The van der Waals surface area contributed by atoms with Crippen molar-refractivity contribution in [2.45, 2.75) is 27.2 Å². The molecule has 28 heavy (non-hydrogen) atoms. The SMILES string of the molecule is COc1cncc(N2CCN(C(=O)CCOc3cc(C)cc(C)c3C)CC2)n1. The number of hydrogen-bond acceptors (Lipinski definition) is 6. The molecule has 1 aromatic heterocycles. The molecule has 1 amide bonds. The standard InChI is InChI=1S/C21H28N4O3/c1-15-11-16(2)17(3)18(12-15)28-10-5-21(26)25-8-6-24(7-9-25)19-13-22-14-20(23-19)27-4/h11-14H,5-10H2,1-4H3. The Balaban J connectivity index is 1.48. The van der Waals surface area contributed by atoms with Crippen molar-refractivity contribution in [3.05, 3.63) is 41.2 Å². The fourth-order valence-corrected chi connectivity index (χ4v) is 3.33. The van der Waals surface area contributed by atoms with E-state index in [4.69, 9.17) is 9.47 Å². The highest BCUT2D eigenvalue weighted by Gasteiger charge is 2.22. The molecule has 0 unspecified atom stereocenters. The minimum Gasteiger partial charge on any atom is -0.493 e. The topological polar surface area (TPSA) is 67.8 Å². The highest BCUT2D eigenvalue weighted by molar-refractivity contribution is 5.76. The summed E-state index contributed by atoms with van der Waals surface area (Å²) in [5.41, 5.74) is 3.50. The van der Waals surface area contributed by atoms with Crippen LogP contribution in [0.1, 0.15) is 23.1 Å². The molecule has 2 aromatic rings. The van der Waals surface area contributed by atoms with E-state index in [1.165, 1.54) is 11.1 Å². The van der Waals surface area contributed by atoms with Crippen LogP contribution in [0, 0.1) is 20.8 Å². The molecule has 1 aliphatic rings. The number of carbonyl (C=O) groups is 1. The highest BCUT2D eigenvalue weighted by Crippen LogP contribution is 2.23. The van der Waals surface area contributed by atoms with Crippen LogP contribution in [0.3, 0.4) is 0 Å². The van der Waals surface area contributed by atoms with Crippen molar-refractivity contribution < 1.29 is 14.3 Å². The minimum atomic E-state index is 0.124. The van der Waals surface area contributed by atoms with Gasteiger partial charge >= 0.3 is 0 Å². The van der Waals surface area contributed by atoms with E-state index in [9.17, 15) is 4.79 Å². The first-order chi connectivity index (χ1) is 13.5. The Labute approximate surface area is 166 Å². The lowest BCUT2D eigenvalue weighted by Crippen LogP contribution is -2.49. The van der Waals surface area contributed by atoms with Gasteiger partial charge in [-0.15, -0.1) is 0 Å². The first-order valence-corrected chi connectivity index (χ1v) is 9.57. The van der Waals surface area contributed by atoms with Crippen LogP contribution in [0.4, 0.5) is 5.82 Å². The Bertz CT molecular complexity index is 832. The van der Waals surface area contributed by atoms with Crippen molar-refractivity contribution in [2.24, 2.45) is 0 Å². The maximum absolute atomic E-state index is 12.5. The maximum atomic E-state index is 12.5. The van der Waals surface area contributed by atoms with E-state index in [0.29, 0.717) is 32.0 Å². The Hall–Kier alpha value is -2.83. The molecule has 2 heterocycles. The predicted octanol–water partition coefficient (Wildman–Crippen LogP) is 2.53. The van der Waals surface area contributed by atoms with Crippen molar-refractivity contribution >= 4 is 11.7 Å². The van der Waals surface area contributed by atoms with Gasteiger partial charge < -0.3 is 19.3 Å². The lowest BCUT2D eigenvalue weighted by molar-refractivity contribution is -0.132. The van der Waals surface area contributed by atoms with Crippen LogP contribution in [0.25, 0.3) is 0 Å². The van der Waals surface area contributed by atoms with E-state index in [1.54, 1.807) is 19.5 Å². The zero-order valence-electron chi connectivity index (χ0n) is 17.1. The van der Waals surface area contributed by atoms with E-state index >= 15 is 0 Å². The Kier molecular flexibility index (Phi) is 6.34. The van der Waals surface area contributed by atoms with Gasteiger partial charge in [-0.25, -0.2) is 0 Å². The molecule has 0 aliphatic carbocycles. The van der Waals surface area contributed by atoms with Crippen molar-refractivity contribution in [2.75, 3.05) is 44.8 Å². The van der Waals surface area contributed by atoms with Gasteiger partial charge in [0.2, 0.25) is 11.8 Å². The number of hydrogen-bond donors (Lipinski definition) is 0. The number of amides is 1. The Morgan fingerprint density at radius 3 is 2.57 bits per heavy atom. The van der Waals surface area contributed by atoms with Gasteiger partial charge in [-0.1, -0.05) is 6.07 Å². The number of carbonyl (C=O) groups excluding carboxylic acids is 1. The largest absolute Gasteiger partial charge is 0.493 e. The maximum Gasteiger partial charge on any atom is 0.233 e. The fourth-order valence-electron chi connectivity index (χ4n) is 3.33. The summed E-state index contributed by atoms with van der Waals surface area (Å²) in [5, 5.41) is 0. The molecular weight excluding hydrogens is 356 g/mol. The summed E-state index contributed by atoms with van der Waals surface area (Å²) >= 11 is 0. The summed E-state index contributed by atoms with van der Waals surface area (Å²) < 4.78 is 11.0. The molecule has 0 bridgehead atoms. The van der Waals surface area contributed by atoms with Gasteiger partial charge in [-0.3, -0.25) is 9.78 Å². The second-order valence-corrected chi connectivity index (χ2v) is 7.09. The first-order valence-electron chi connectivity index (χ1n) is 9.57. The molecular formula is C21H28N4O3. The van der Waals surface area contributed by atoms with Crippen LogP contribution in [0.5, 0.6) is 11.6 Å². The molecule has 3 rings (SSSR count). The number of methoxy groups -OCH3 is 1. The molecule has 7 heteroatoms. The van der Waals surface area contributed by atoms with Crippen LogP contribution in [-0.4, -0.2) is 60.7 Å². The summed E-state index contributed by atoms with van der Waals surface area (Å²) in [6.07, 6.45) is 3.69. The number of benzene rings is 1. The van der Waals surface area contributed by atoms with E-state index in [0.717, 1.165) is 30.2 Å². The fraction of sp³-hybridized carbons (Fsp3) is 0.476. The first kappa shape index (κ1) is 19.9. The minimum absolute atomic E-state index is 0.124. The van der Waals surface area contributed by atoms with Gasteiger partial charge in [0.05, 0.1) is 32.5 Å². The normalized spacial score (nSPS) is 14.1. The molecule has 0 atom stereocenters. The summed E-state index contributed by atoms with van der Waals surface area (Å²) in [6, 6.07) is 4.17. The van der Waals surface area contributed by atoms with Gasteiger partial charge in [0.15, 0.2) is 5.82 Å². The van der Waals surface area contributed by atoms with E-state index in [2.05, 4.69) is 34.8 Å². The van der Waals surface area contributed by atoms with E-state index in [1.807, 2.05) is 17.9 Å². The van der Waals surface area contributed by atoms with Gasteiger partial charge in [0, 0.05) is 26.2 Å². The number of piperazine rings is 1. The third-order valence-corrected chi connectivity index (χ3v) is 5.10. The molecule has 1 aromatic carbocycles. The van der Waals surface area contributed by atoms with Gasteiger partial charge in [0.25, 0.3) is 0 Å². The lowest BCUT2D eigenvalue weighted by Gasteiger charge is -2.35. The highest BCUT2D eigenvalue weighted by atomic mass is 16.5. The summed E-state index contributed by atoms with van der Waals surface area (Å²) in [4.78, 5) is 25.1. The lowest BCUT2D eigenvalue weighted by atomic mass is 10.1. The molecule has 0 spiro atoms. The van der Waals surface area contributed by atoms with E-state index in [-0.39, 0.29) is 5.91 Å². The zero-order chi connectivity index (χ0) is 20.1. The van der Waals surface area contributed by atoms with Crippen molar-refractivity contribution in [1.82, 2.24) is 14.9 Å². The molecule has 0 radical (unpaired) electrons. The number of aryl methyl sites for hydroxylation is 2. The van der Waals surface area contributed by atoms with Crippen LogP contribution >= 0.6 is 0 Å². The van der Waals surface area contributed by atoms with Gasteiger partial charge in [0.1, 0.15) is 5.75 Å².